The summed E-state index contributed by atoms with van der Waals surface area (Å²) in [6, 6.07) is 8.51. The Kier molecular flexibility index (Phi) is 2.28. The second-order valence-corrected chi connectivity index (χ2v) is 5.81. The Balaban J connectivity index is 1.80. The standard InChI is InChI=1S/C13H15NOS/c1-13(15)8-14(9-13)6-10-7-16-12-5-3-2-4-11(10)12/h2-5,7,15H,6,8-9H2,1H3. The Morgan fingerprint density at radius 3 is 2.88 bits per heavy atom. The van der Waals surface area contributed by atoms with Gasteiger partial charge in [-0.25, -0.2) is 0 Å². The van der Waals surface area contributed by atoms with Gasteiger partial charge < -0.3 is 5.11 Å². The number of fused-ring (bicyclic) bond motifs is 1. The van der Waals surface area contributed by atoms with Gasteiger partial charge in [-0.05, 0) is 29.3 Å². The van der Waals surface area contributed by atoms with Gasteiger partial charge in [-0.2, -0.15) is 0 Å². The van der Waals surface area contributed by atoms with Crippen molar-refractivity contribution in [1.29, 1.82) is 0 Å². The molecule has 1 fully saturated rings. The van der Waals surface area contributed by atoms with Crippen molar-refractivity contribution in [2.45, 2.75) is 19.1 Å². The summed E-state index contributed by atoms with van der Waals surface area (Å²) < 4.78 is 1.35. The first-order valence-corrected chi connectivity index (χ1v) is 6.42. The molecule has 3 heteroatoms. The molecule has 0 unspecified atom stereocenters. The maximum Gasteiger partial charge on any atom is 0.0872 e. The van der Waals surface area contributed by atoms with Crippen molar-refractivity contribution in [3.63, 3.8) is 0 Å². The number of thiophene rings is 1. The Morgan fingerprint density at radius 1 is 1.38 bits per heavy atom. The van der Waals surface area contributed by atoms with Crippen LogP contribution in [0.3, 0.4) is 0 Å². The van der Waals surface area contributed by atoms with Crippen molar-refractivity contribution in [3.8, 4) is 0 Å². The third kappa shape index (κ3) is 1.75. The van der Waals surface area contributed by atoms with Crippen LogP contribution in [0.2, 0.25) is 0 Å². The average Bonchev–Trinajstić information content (AvgIpc) is 2.59. The van der Waals surface area contributed by atoms with Crippen molar-refractivity contribution in [1.82, 2.24) is 4.90 Å². The maximum absolute atomic E-state index is 9.69. The lowest BCUT2D eigenvalue weighted by molar-refractivity contribution is -0.0869. The largest absolute Gasteiger partial charge is 0.388 e. The summed E-state index contributed by atoms with van der Waals surface area (Å²) in [5.74, 6) is 0. The lowest BCUT2D eigenvalue weighted by Crippen LogP contribution is -2.59. The van der Waals surface area contributed by atoms with E-state index < -0.39 is 5.60 Å². The summed E-state index contributed by atoms with van der Waals surface area (Å²) in [4.78, 5) is 2.29. The van der Waals surface area contributed by atoms with Gasteiger partial charge in [0.2, 0.25) is 0 Å². The van der Waals surface area contributed by atoms with E-state index in [0.29, 0.717) is 0 Å². The molecule has 1 N–H and O–H groups in total. The molecule has 1 aliphatic rings. The minimum atomic E-state index is -0.466. The Morgan fingerprint density at radius 2 is 2.12 bits per heavy atom. The van der Waals surface area contributed by atoms with Crippen molar-refractivity contribution in [2.75, 3.05) is 13.1 Å². The van der Waals surface area contributed by atoms with Gasteiger partial charge in [-0.1, -0.05) is 18.2 Å². The first-order chi connectivity index (χ1) is 7.64. The molecule has 0 amide bonds. The zero-order valence-corrected chi connectivity index (χ0v) is 10.1. The SMILES string of the molecule is CC1(O)CN(Cc2csc3ccccc23)C1. The monoisotopic (exact) mass is 233 g/mol. The first-order valence-electron chi connectivity index (χ1n) is 5.54. The molecule has 2 aromatic rings. The lowest BCUT2D eigenvalue weighted by Gasteiger charge is -2.44. The van der Waals surface area contributed by atoms with Crippen LogP contribution in [0.5, 0.6) is 0 Å². The van der Waals surface area contributed by atoms with Crippen LogP contribution < -0.4 is 0 Å². The molecule has 16 heavy (non-hydrogen) atoms. The molecule has 0 spiro atoms. The van der Waals surface area contributed by atoms with Crippen molar-refractivity contribution in [3.05, 3.63) is 35.2 Å². The highest BCUT2D eigenvalue weighted by atomic mass is 32.1. The number of nitrogens with zero attached hydrogens (tertiary/aromatic N) is 1. The van der Waals surface area contributed by atoms with E-state index in [1.165, 1.54) is 15.6 Å². The number of β-amino-alcohol motifs (C(OH)–C–C–N with tert-alkyl or cyclic N) is 1. The molecular weight excluding hydrogens is 218 g/mol. The lowest BCUT2D eigenvalue weighted by atomic mass is 9.96. The fourth-order valence-electron chi connectivity index (χ4n) is 2.43. The normalized spacial score (nSPS) is 19.9. The van der Waals surface area contributed by atoms with Crippen molar-refractivity contribution in [2.24, 2.45) is 0 Å². The molecule has 1 aromatic carbocycles. The van der Waals surface area contributed by atoms with Gasteiger partial charge in [0.05, 0.1) is 5.60 Å². The molecule has 2 heterocycles. The second kappa shape index (κ2) is 3.55. The quantitative estimate of drug-likeness (QED) is 0.861. The molecule has 0 radical (unpaired) electrons. The zero-order valence-electron chi connectivity index (χ0n) is 9.31. The first kappa shape index (κ1) is 10.3. The van der Waals surface area contributed by atoms with Gasteiger partial charge in [-0.15, -0.1) is 11.3 Å². The molecule has 2 nitrogen and oxygen atoms in total. The number of hydrogen-bond donors (Lipinski definition) is 1. The van der Waals surface area contributed by atoms with Crippen LogP contribution in [0.4, 0.5) is 0 Å². The van der Waals surface area contributed by atoms with E-state index in [-0.39, 0.29) is 0 Å². The van der Waals surface area contributed by atoms with Gasteiger partial charge in [0.1, 0.15) is 0 Å². The van der Waals surface area contributed by atoms with Gasteiger partial charge in [0.15, 0.2) is 0 Å². The molecule has 0 saturated carbocycles. The Labute approximate surface area is 99.1 Å². The van der Waals surface area contributed by atoms with Crippen LogP contribution in [-0.2, 0) is 6.54 Å². The second-order valence-electron chi connectivity index (χ2n) is 4.90. The molecule has 1 saturated heterocycles. The van der Waals surface area contributed by atoms with Crippen LogP contribution in [0.25, 0.3) is 10.1 Å². The Hall–Kier alpha value is -0.900. The molecule has 0 atom stereocenters. The number of rotatable bonds is 2. The third-order valence-electron chi connectivity index (χ3n) is 3.08. The van der Waals surface area contributed by atoms with E-state index in [0.717, 1.165) is 19.6 Å². The summed E-state index contributed by atoms with van der Waals surface area (Å²) >= 11 is 1.80. The average molecular weight is 233 g/mol. The minimum absolute atomic E-state index is 0.466. The number of benzene rings is 1. The molecule has 1 aromatic heterocycles. The highest BCUT2D eigenvalue weighted by Crippen LogP contribution is 2.29. The van der Waals surface area contributed by atoms with Crippen molar-refractivity contribution >= 4 is 21.4 Å². The predicted octanol–water partition coefficient (Wildman–Crippen LogP) is 2.47. The fraction of sp³-hybridized carbons (Fsp3) is 0.385. The smallest absolute Gasteiger partial charge is 0.0872 e. The summed E-state index contributed by atoms with van der Waals surface area (Å²) in [7, 11) is 0. The van der Waals surface area contributed by atoms with E-state index in [1.54, 1.807) is 11.3 Å². The molecule has 0 aliphatic carbocycles. The molecule has 3 rings (SSSR count). The number of aliphatic hydroxyl groups is 1. The van der Waals surface area contributed by atoms with Gasteiger partial charge in [-0.3, -0.25) is 4.90 Å². The van der Waals surface area contributed by atoms with E-state index in [4.69, 9.17) is 0 Å². The number of hydrogen-bond acceptors (Lipinski definition) is 3. The fourth-order valence-corrected chi connectivity index (χ4v) is 3.38. The summed E-state index contributed by atoms with van der Waals surface area (Å²) in [5.41, 5.74) is 0.919. The van der Waals surface area contributed by atoms with Gasteiger partial charge >= 0.3 is 0 Å². The maximum atomic E-state index is 9.69. The van der Waals surface area contributed by atoms with Gasteiger partial charge in [0, 0.05) is 24.3 Å². The summed E-state index contributed by atoms with van der Waals surface area (Å²) in [6.45, 7) is 4.43. The topological polar surface area (TPSA) is 23.5 Å². The summed E-state index contributed by atoms with van der Waals surface area (Å²) in [6.07, 6.45) is 0. The number of likely N-dealkylation sites (tertiary alicyclic amines) is 1. The van der Waals surface area contributed by atoms with Crippen LogP contribution in [-0.4, -0.2) is 28.7 Å². The van der Waals surface area contributed by atoms with E-state index in [2.05, 4.69) is 34.5 Å². The molecule has 84 valence electrons. The van der Waals surface area contributed by atoms with Crippen LogP contribution in [0, 0.1) is 0 Å². The molecule has 0 bridgehead atoms. The van der Waals surface area contributed by atoms with Crippen molar-refractivity contribution < 1.29 is 5.11 Å². The molecule has 1 aliphatic heterocycles. The predicted molar refractivity (Wildman–Crippen MR) is 67.7 cm³/mol. The van der Waals surface area contributed by atoms with Crippen LogP contribution >= 0.6 is 11.3 Å². The van der Waals surface area contributed by atoms with E-state index in [1.807, 2.05) is 6.92 Å². The highest BCUT2D eigenvalue weighted by molar-refractivity contribution is 7.17. The zero-order chi connectivity index (χ0) is 11.2. The minimum Gasteiger partial charge on any atom is -0.388 e. The van der Waals surface area contributed by atoms with E-state index in [9.17, 15) is 5.11 Å². The van der Waals surface area contributed by atoms with Crippen LogP contribution in [0.1, 0.15) is 12.5 Å². The third-order valence-corrected chi connectivity index (χ3v) is 4.10. The van der Waals surface area contributed by atoms with E-state index >= 15 is 0 Å². The summed E-state index contributed by atoms with van der Waals surface area (Å²) in [5, 5.41) is 13.3. The highest BCUT2D eigenvalue weighted by Gasteiger charge is 2.36. The Bertz CT molecular complexity index is 509. The van der Waals surface area contributed by atoms with Crippen LogP contribution in [0.15, 0.2) is 29.6 Å². The molecular formula is C13H15NOS. The van der Waals surface area contributed by atoms with Gasteiger partial charge in [0.25, 0.3) is 0 Å².